The molecule has 38 heavy (non-hydrogen) atoms. The Morgan fingerprint density at radius 1 is 1.08 bits per heavy atom. The molecule has 2 aromatic carbocycles. The zero-order chi connectivity index (χ0) is 28.2. The van der Waals surface area contributed by atoms with Gasteiger partial charge in [0.1, 0.15) is 0 Å². The summed E-state index contributed by atoms with van der Waals surface area (Å²) in [5, 5.41) is 22.1. The van der Waals surface area contributed by atoms with E-state index in [1.54, 1.807) is 25.3 Å². The molecule has 1 atom stereocenters. The van der Waals surface area contributed by atoms with Gasteiger partial charge < -0.3 is 10.2 Å². The maximum atomic E-state index is 12.5. The summed E-state index contributed by atoms with van der Waals surface area (Å²) in [7, 11) is -2.67. The molecule has 1 aromatic heterocycles. The third-order valence-corrected chi connectivity index (χ3v) is 8.51. The highest BCUT2D eigenvalue weighted by Crippen LogP contribution is 2.34. The van der Waals surface area contributed by atoms with E-state index in [2.05, 4.69) is 24.1 Å². The van der Waals surface area contributed by atoms with Gasteiger partial charge in [-0.25, -0.2) is 13.4 Å². The first-order valence-electron chi connectivity index (χ1n) is 11.9. The van der Waals surface area contributed by atoms with Crippen LogP contribution < -0.4 is 5.32 Å². The number of carboxylic acid groups (broad SMARTS) is 1. The van der Waals surface area contributed by atoms with Gasteiger partial charge in [0.15, 0.2) is 16.6 Å². The lowest BCUT2D eigenvalue weighted by Gasteiger charge is -2.28. The van der Waals surface area contributed by atoms with E-state index in [-0.39, 0.29) is 21.9 Å². The Kier molecular flexibility index (Phi) is 8.95. The van der Waals surface area contributed by atoms with Crippen molar-refractivity contribution in [2.45, 2.75) is 44.9 Å². The van der Waals surface area contributed by atoms with Crippen LogP contribution in [0.4, 0.5) is 5.13 Å². The number of sulfonamides is 1. The molecule has 0 saturated heterocycles. The zero-order valence-corrected chi connectivity index (χ0v) is 23.4. The van der Waals surface area contributed by atoms with Crippen LogP contribution in [0.25, 0.3) is 5.76 Å². The molecule has 1 amide bonds. The Hall–Kier alpha value is -3.70. The molecule has 202 valence electrons. The molecule has 0 aliphatic carbocycles. The molecule has 1 unspecified atom stereocenters. The Labute approximate surface area is 226 Å². The van der Waals surface area contributed by atoms with Crippen molar-refractivity contribution in [3.63, 3.8) is 0 Å². The number of likely N-dealkylation sites (N-methyl/N-ethyl adjacent to an activating group) is 1. The highest BCUT2D eigenvalue weighted by atomic mass is 32.2. The monoisotopic (exact) mass is 557 g/mol. The minimum Gasteiger partial charge on any atom is -0.505 e. The minimum absolute atomic E-state index is 0.0401. The Morgan fingerprint density at radius 3 is 2.26 bits per heavy atom. The molecule has 3 N–H and O–H groups in total. The molecule has 3 aromatic rings. The summed E-state index contributed by atoms with van der Waals surface area (Å²) < 4.78 is 25.8. The quantitative estimate of drug-likeness (QED) is 0.387. The van der Waals surface area contributed by atoms with Crippen LogP contribution >= 0.6 is 11.3 Å². The van der Waals surface area contributed by atoms with Crippen molar-refractivity contribution in [3.8, 4) is 0 Å². The standard InChI is InChI=1S/C14H13N3O4S2.C13H18O2/c1-8-7-15-14(22-8)16-13(19)11-12(18)9-5-3-4-6-10(9)23(20,21)17(11)2;1-9(2)8-11-4-6-12(7-5-11)10(3)13(14)15/h3-7,18H,1-2H3,(H,15,16,19);4-7,9-10H,8H2,1-3H3,(H,14,15). The lowest BCUT2D eigenvalue weighted by molar-refractivity contribution is -0.138. The number of benzene rings is 2. The summed E-state index contributed by atoms with van der Waals surface area (Å²) in [5.41, 5.74) is 1.91. The largest absolute Gasteiger partial charge is 0.505 e. The number of rotatable bonds is 6. The van der Waals surface area contributed by atoms with E-state index in [1.165, 1.54) is 36.1 Å². The van der Waals surface area contributed by atoms with E-state index in [1.807, 2.05) is 31.2 Å². The number of aliphatic carboxylic acids is 1. The zero-order valence-electron chi connectivity index (χ0n) is 21.8. The predicted molar refractivity (Wildman–Crippen MR) is 147 cm³/mol. The smallest absolute Gasteiger partial charge is 0.310 e. The molecule has 0 bridgehead atoms. The van der Waals surface area contributed by atoms with Gasteiger partial charge in [-0.1, -0.05) is 50.2 Å². The number of thiazole rings is 1. The van der Waals surface area contributed by atoms with E-state index in [0.29, 0.717) is 11.0 Å². The number of carbonyl (C=O) groups is 2. The van der Waals surface area contributed by atoms with Crippen molar-refractivity contribution >= 4 is 44.1 Å². The van der Waals surface area contributed by atoms with Gasteiger partial charge in [-0.2, -0.15) is 0 Å². The lowest BCUT2D eigenvalue weighted by Crippen LogP contribution is -2.37. The number of aryl methyl sites for hydroxylation is 1. The molecule has 0 fully saturated rings. The summed E-state index contributed by atoms with van der Waals surface area (Å²) in [4.78, 5) is 28.0. The van der Waals surface area contributed by atoms with E-state index in [9.17, 15) is 23.1 Å². The second-order valence-corrected chi connectivity index (χ2v) is 12.5. The van der Waals surface area contributed by atoms with E-state index >= 15 is 0 Å². The Balaban J connectivity index is 0.000000232. The van der Waals surface area contributed by atoms with Crippen LogP contribution in [-0.2, 0) is 26.0 Å². The number of carboxylic acids is 1. The van der Waals surface area contributed by atoms with Crippen LogP contribution in [0.1, 0.15) is 48.3 Å². The van der Waals surface area contributed by atoms with Crippen LogP contribution in [-0.4, -0.2) is 46.8 Å². The van der Waals surface area contributed by atoms with Crippen molar-refractivity contribution in [2.24, 2.45) is 5.92 Å². The molecule has 0 radical (unpaired) electrons. The molecular formula is C27H31N3O6S2. The van der Waals surface area contributed by atoms with Crippen molar-refractivity contribution in [1.29, 1.82) is 0 Å². The van der Waals surface area contributed by atoms with Crippen molar-refractivity contribution in [1.82, 2.24) is 9.29 Å². The number of aromatic nitrogens is 1. The normalized spacial score (nSPS) is 14.8. The van der Waals surface area contributed by atoms with E-state index < -0.39 is 27.8 Å². The maximum Gasteiger partial charge on any atom is 0.310 e. The number of aliphatic hydroxyl groups is 1. The summed E-state index contributed by atoms with van der Waals surface area (Å²) in [6.45, 7) is 7.89. The van der Waals surface area contributed by atoms with Crippen molar-refractivity contribution in [3.05, 3.63) is 82.0 Å². The van der Waals surface area contributed by atoms with Gasteiger partial charge in [-0.3, -0.25) is 19.2 Å². The molecule has 1 aliphatic heterocycles. The van der Waals surface area contributed by atoms with Crippen LogP contribution in [0, 0.1) is 12.8 Å². The van der Waals surface area contributed by atoms with Gasteiger partial charge in [-0.15, -0.1) is 11.3 Å². The summed E-state index contributed by atoms with van der Waals surface area (Å²) in [6, 6.07) is 13.9. The topological polar surface area (TPSA) is 137 Å². The third-order valence-electron chi connectivity index (χ3n) is 5.87. The second-order valence-electron chi connectivity index (χ2n) is 9.30. The predicted octanol–water partition coefficient (Wildman–Crippen LogP) is 5.02. The van der Waals surface area contributed by atoms with Gasteiger partial charge >= 0.3 is 5.97 Å². The van der Waals surface area contributed by atoms with Crippen LogP contribution in [0.5, 0.6) is 0 Å². The SMILES string of the molecule is CC(C)Cc1ccc(C(C)C(=O)O)cc1.Cc1cnc(NC(=O)C2=C(O)c3ccccc3S(=O)(=O)N2C)s1. The number of aliphatic hydroxyl groups excluding tert-OH is 1. The number of amides is 1. The fraction of sp³-hybridized carbons (Fsp3) is 0.296. The van der Waals surface area contributed by atoms with Gasteiger partial charge in [0.05, 0.1) is 10.8 Å². The maximum absolute atomic E-state index is 12.5. The molecule has 2 heterocycles. The summed E-state index contributed by atoms with van der Waals surface area (Å²) >= 11 is 1.25. The van der Waals surface area contributed by atoms with Gasteiger partial charge in [-0.05, 0) is 49.4 Å². The van der Waals surface area contributed by atoms with Crippen molar-refractivity contribution < 1.29 is 28.2 Å². The highest BCUT2D eigenvalue weighted by molar-refractivity contribution is 7.89. The summed E-state index contributed by atoms with van der Waals surface area (Å²) in [6.07, 6.45) is 2.63. The second kappa shape index (κ2) is 11.8. The molecule has 4 rings (SSSR count). The minimum atomic E-state index is -3.90. The number of carbonyl (C=O) groups excluding carboxylic acids is 1. The average molecular weight is 558 g/mol. The first-order chi connectivity index (χ1) is 17.8. The number of nitrogens with zero attached hydrogens (tertiary/aromatic N) is 2. The molecule has 0 saturated carbocycles. The average Bonchev–Trinajstić information content (AvgIpc) is 3.27. The molecule has 1 aliphatic rings. The number of fused-ring (bicyclic) bond motifs is 1. The number of hydrogen-bond acceptors (Lipinski definition) is 7. The van der Waals surface area contributed by atoms with Crippen LogP contribution in [0.15, 0.2) is 65.3 Å². The fourth-order valence-electron chi connectivity index (χ4n) is 3.81. The first-order valence-corrected chi connectivity index (χ1v) is 14.2. The Morgan fingerprint density at radius 2 is 1.71 bits per heavy atom. The molecule has 9 nitrogen and oxygen atoms in total. The Bertz CT molecular complexity index is 1460. The van der Waals surface area contributed by atoms with E-state index in [4.69, 9.17) is 5.11 Å². The fourth-order valence-corrected chi connectivity index (χ4v) is 5.86. The highest BCUT2D eigenvalue weighted by Gasteiger charge is 2.37. The van der Waals surface area contributed by atoms with Crippen LogP contribution in [0.3, 0.4) is 0 Å². The molecular weight excluding hydrogens is 526 g/mol. The number of hydrogen-bond donors (Lipinski definition) is 3. The van der Waals surface area contributed by atoms with Gasteiger partial charge in [0.2, 0.25) is 0 Å². The molecule has 0 spiro atoms. The van der Waals surface area contributed by atoms with E-state index in [0.717, 1.165) is 21.2 Å². The number of nitrogens with one attached hydrogen (secondary N) is 1. The first kappa shape index (κ1) is 28.9. The molecule has 11 heteroatoms. The number of anilines is 1. The van der Waals surface area contributed by atoms with Crippen molar-refractivity contribution in [2.75, 3.05) is 12.4 Å². The van der Waals surface area contributed by atoms with Gasteiger partial charge in [0, 0.05) is 23.7 Å². The lowest BCUT2D eigenvalue weighted by atomic mass is 9.97. The third kappa shape index (κ3) is 6.40. The summed E-state index contributed by atoms with van der Waals surface area (Å²) in [5.74, 6) is -1.68. The van der Waals surface area contributed by atoms with Gasteiger partial charge in [0.25, 0.3) is 15.9 Å². The van der Waals surface area contributed by atoms with Crippen LogP contribution in [0.2, 0.25) is 0 Å².